The van der Waals surface area contributed by atoms with Gasteiger partial charge in [0.1, 0.15) is 0 Å². The van der Waals surface area contributed by atoms with Crippen molar-refractivity contribution in [1.29, 1.82) is 0 Å². The fourth-order valence-corrected chi connectivity index (χ4v) is 2.14. The third kappa shape index (κ3) is 3.72. The van der Waals surface area contributed by atoms with E-state index in [-0.39, 0.29) is 16.3 Å². The Morgan fingerprint density at radius 3 is 2.36 bits per heavy atom. The van der Waals surface area contributed by atoms with E-state index < -0.39 is 17.6 Å². The Labute approximate surface area is 134 Å². The first-order chi connectivity index (χ1) is 10.2. The highest BCUT2D eigenvalue weighted by Gasteiger charge is 2.34. The van der Waals surface area contributed by atoms with Crippen LogP contribution in [0.2, 0.25) is 10.0 Å². The maximum absolute atomic E-state index is 13.0. The molecule has 1 amide bonds. The van der Waals surface area contributed by atoms with Gasteiger partial charge >= 0.3 is 6.18 Å². The monoisotopic (exact) mass is 347 g/mol. The number of halogens is 5. The molecular weight excluding hydrogens is 338 g/mol. The summed E-state index contributed by atoms with van der Waals surface area (Å²) in [6, 6.07) is 7.64. The van der Waals surface area contributed by atoms with Crippen LogP contribution in [-0.4, -0.2) is 5.91 Å². The van der Waals surface area contributed by atoms with E-state index >= 15 is 0 Å². The quantitative estimate of drug-likeness (QED) is 0.755. The molecule has 0 radical (unpaired) electrons. The Morgan fingerprint density at radius 2 is 1.77 bits per heavy atom. The summed E-state index contributed by atoms with van der Waals surface area (Å²) < 4.78 is 38.9. The highest BCUT2D eigenvalue weighted by molar-refractivity contribution is 6.32. The molecule has 0 aromatic heterocycles. The molecule has 0 atom stereocenters. The average Bonchev–Trinajstić information content (AvgIpc) is 2.42. The van der Waals surface area contributed by atoms with Crippen molar-refractivity contribution in [2.45, 2.75) is 13.1 Å². The molecule has 1 N–H and O–H groups in total. The van der Waals surface area contributed by atoms with Crippen LogP contribution in [0.5, 0.6) is 0 Å². The second kappa shape index (κ2) is 6.18. The van der Waals surface area contributed by atoms with Crippen LogP contribution in [0.25, 0.3) is 0 Å². The molecule has 0 heterocycles. The smallest absolute Gasteiger partial charge is 0.321 e. The zero-order valence-electron chi connectivity index (χ0n) is 11.3. The molecule has 0 unspecified atom stereocenters. The lowest BCUT2D eigenvalue weighted by Gasteiger charge is -2.14. The van der Waals surface area contributed by atoms with Crippen molar-refractivity contribution in [2.75, 3.05) is 5.32 Å². The third-order valence-corrected chi connectivity index (χ3v) is 3.61. The largest absolute Gasteiger partial charge is 0.418 e. The Hall–Kier alpha value is -1.72. The minimum Gasteiger partial charge on any atom is -0.321 e. The van der Waals surface area contributed by atoms with Crippen LogP contribution in [0, 0.1) is 6.92 Å². The van der Waals surface area contributed by atoms with Gasteiger partial charge in [0.2, 0.25) is 0 Å². The van der Waals surface area contributed by atoms with E-state index in [1.807, 2.05) is 0 Å². The van der Waals surface area contributed by atoms with E-state index in [9.17, 15) is 18.0 Å². The maximum atomic E-state index is 13.0. The van der Waals surface area contributed by atoms with E-state index in [4.69, 9.17) is 23.2 Å². The summed E-state index contributed by atoms with van der Waals surface area (Å²) >= 11 is 11.5. The zero-order valence-corrected chi connectivity index (χ0v) is 12.8. The number of carbonyl (C=O) groups is 1. The number of alkyl halides is 3. The molecule has 0 saturated heterocycles. The minimum atomic E-state index is -4.63. The maximum Gasteiger partial charge on any atom is 0.418 e. The summed E-state index contributed by atoms with van der Waals surface area (Å²) in [5.74, 6) is -0.685. The van der Waals surface area contributed by atoms with Crippen molar-refractivity contribution in [1.82, 2.24) is 0 Å². The average molecular weight is 348 g/mol. The van der Waals surface area contributed by atoms with E-state index in [1.54, 1.807) is 13.0 Å². The standard InChI is InChI=1S/C15H10Cl2F3NO/c1-8-2-3-9(6-12(8)17)14(22)21-13-5-4-10(16)7-11(13)15(18,19)20/h2-7H,1H3,(H,21,22). The van der Waals surface area contributed by atoms with E-state index in [1.165, 1.54) is 18.2 Å². The molecule has 0 fully saturated rings. The summed E-state index contributed by atoms with van der Waals surface area (Å²) in [4.78, 5) is 12.1. The summed E-state index contributed by atoms with van der Waals surface area (Å²) in [6.07, 6.45) is -4.63. The zero-order chi connectivity index (χ0) is 16.5. The van der Waals surface area contributed by atoms with Crippen molar-refractivity contribution < 1.29 is 18.0 Å². The molecular formula is C15H10Cl2F3NO. The van der Waals surface area contributed by atoms with Crippen LogP contribution < -0.4 is 5.32 Å². The normalized spacial score (nSPS) is 11.4. The summed E-state index contributed by atoms with van der Waals surface area (Å²) in [5, 5.41) is 2.53. The molecule has 116 valence electrons. The first-order valence-electron chi connectivity index (χ1n) is 6.13. The van der Waals surface area contributed by atoms with Gasteiger partial charge in [-0.15, -0.1) is 0 Å². The van der Waals surface area contributed by atoms with E-state index in [2.05, 4.69) is 5.32 Å². The molecule has 0 saturated carbocycles. The Kier molecular flexibility index (Phi) is 4.68. The number of hydrogen-bond acceptors (Lipinski definition) is 1. The first-order valence-corrected chi connectivity index (χ1v) is 6.88. The molecule has 0 spiro atoms. The van der Waals surface area contributed by atoms with Gasteiger partial charge in [0.05, 0.1) is 11.3 Å². The predicted octanol–water partition coefficient (Wildman–Crippen LogP) is 5.57. The van der Waals surface area contributed by atoms with Gasteiger partial charge in [-0.3, -0.25) is 4.79 Å². The van der Waals surface area contributed by atoms with Gasteiger partial charge in [-0.25, -0.2) is 0 Å². The number of hydrogen-bond donors (Lipinski definition) is 1. The molecule has 7 heteroatoms. The van der Waals surface area contributed by atoms with Gasteiger partial charge in [0, 0.05) is 15.6 Å². The number of anilines is 1. The fourth-order valence-electron chi connectivity index (χ4n) is 1.79. The number of amides is 1. The van der Waals surface area contributed by atoms with Crippen LogP contribution in [0.1, 0.15) is 21.5 Å². The Bertz CT molecular complexity index is 729. The van der Waals surface area contributed by atoms with Gasteiger partial charge < -0.3 is 5.32 Å². The third-order valence-electron chi connectivity index (χ3n) is 2.97. The molecule has 0 bridgehead atoms. The SMILES string of the molecule is Cc1ccc(C(=O)Nc2ccc(Cl)cc2C(F)(F)F)cc1Cl. The fraction of sp³-hybridized carbons (Fsp3) is 0.133. The van der Waals surface area contributed by atoms with Gasteiger partial charge in [-0.05, 0) is 42.8 Å². The predicted molar refractivity (Wildman–Crippen MR) is 80.6 cm³/mol. The highest BCUT2D eigenvalue weighted by atomic mass is 35.5. The highest BCUT2D eigenvalue weighted by Crippen LogP contribution is 2.36. The topological polar surface area (TPSA) is 29.1 Å². The van der Waals surface area contributed by atoms with Crippen LogP contribution in [0.4, 0.5) is 18.9 Å². The van der Waals surface area contributed by atoms with Crippen LogP contribution >= 0.6 is 23.2 Å². The molecule has 2 nitrogen and oxygen atoms in total. The number of benzene rings is 2. The molecule has 2 aromatic rings. The van der Waals surface area contributed by atoms with Crippen LogP contribution in [-0.2, 0) is 6.18 Å². The minimum absolute atomic E-state index is 0.0660. The molecule has 0 aliphatic heterocycles. The van der Waals surface area contributed by atoms with Crippen molar-refractivity contribution in [2.24, 2.45) is 0 Å². The van der Waals surface area contributed by atoms with E-state index in [0.29, 0.717) is 5.02 Å². The lowest BCUT2D eigenvalue weighted by Crippen LogP contribution is -2.16. The van der Waals surface area contributed by atoms with Crippen molar-refractivity contribution in [3.8, 4) is 0 Å². The summed E-state index contributed by atoms with van der Waals surface area (Å²) in [6.45, 7) is 1.75. The van der Waals surface area contributed by atoms with Crippen LogP contribution in [0.3, 0.4) is 0 Å². The van der Waals surface area contributed by atoms with Gasteiger partial charge in [0.25, 0.3) is 5.91 Å². The number of rotatable bonds is 2. The van der Waals surface area contributed by atoms with Crippen molar-refractivity contribution in [3.63, 3.8) is 0 Å². The van der Waals surface area contributed by atoms with Gasteiger partial charge in [-0.1, -0.05) is 29.3 Å². The van der Waals surface area contributed by atoms with Crippen LogP contribution in [0.15, 0.2) is 36.4 Å². The van der Waals surface area contributed by atoms with Crippen molar-refractivity contribution in [3.05, 3.63) is 63.1 Å². The summed E-state index contributed by atoms with van der Waals surface area (Å²) in [7, 11) is 0. The molecule has 2 aromatic carbocycles. The van der Waals surface area contributed by atoms with Gasteiger partial charge in [-0.2, -0.15) is 13.2 Å². The Morgan fingerprint density at radius 1 is 1.09 bits per heavy atom. The Balaban J connectivity index is 2.34. The number of aryl methyl sites for hydroxylation is 1. The number of carbonyl (C=O) groups excluding carboxylic acids is 1. The second-order valence-corrected chi connectivity index (χ2v) is 5.45. The van der Waals surface area contributed by atoms with E-state index in [0.717, 1.165) is 17.7 Å². The number of nitrogens with one attached hydrogen (secondary N) is 1. The lowest BCUT2D eigenvalue weighted by molar-refractivity contribution is -0.136. The first kappa shape index (κ1) is 16.6. The molecule has 0 aliphatic rings. The molecule has 0 aliphatic carbocycles. The molecule has 22 heavy (non-hydrogen) atoms. The van der Waals surface area contributed by atoms with Gasteiger partial charge in [0.15, 0.2) is 0 Å². The summed E-state index contributed by atoms with van der Waals surface area (Å²) in [5.41, 5.74) is -0.440. The van der Waals surface area contributed by atoms with Crippen molar-refractivity contribution >= 4 is 34.8 Å². The lowest BCUT2D eigenvalue weighted by atomic mass is 10.1. The second-order valence-electron chi connectivity index (χ2n) is 4.61. The molecule has 2 rings (SSSR count).